The predicted molar refractivity (Wildman–Crippen MR) is 87.1 cm³/mol. The van der Waals surface area contributed by atoms with Gasteiger partial charge in [0.15, 0.2) is 4.77 Å². The second kappa shape index (κ2) is 7.51. The molecule has 2 aromatic heterocycles. The number of aromatic hydroxyl groups is 1. The van der Waals surface area contributed by atoms with Gasteiger partial charge in [0.25, 0.3) is 5.56 Å². The Bertz CT molecular complexity index is 774. The van der Waals surface area contributed by atoms with Crippen LogP contribution in [0.2, 0.25) is 0 Å². The molecule has 0 aliphatic heterocycles. The number of aryl methyl sites for hydroxylation is 1. The lowest BCUT2D eigenvalue weighted by Crippen LogP contribution is -2.18. The highest BCUT2D eigenvalue weighted by Gasteiger charge is 2.09. The van der Waals surface area contributed by atoms with E-state index < -0.39 is 5.56 Å². The van der Waals surface area contributed by atoms with Gasteiger partial charge in [0.05, 0.1) is 6.33 Å². The normalized spacial score (nSPS) is 11.1. The van der Waals surface area contributed by atoms with Crippen LogP contribution in [-0.4, -0.2) is 37.0 Å². The summed E-state index contributed by atoms with van der Waals surface area (Å²) in [6.07, 6.45) is 9.09. The van der Waals surface area contributed by atoms with Crippen LogP contribution in [0.3, 0.4) is 0 Å². The zero-order chi connectivity index (χ0) is 15.9. The zero-order valence-corrected chi connectivity index (χ0v) is 12.8. The fraction of sp³-hybridized carbons (Fsp3) is 0.286. The largest absolute Gasteiger partial charge is 0.494 e. The maximum Gasteiger partial charge on any atom is 0.264 e. The van der Waals surface area contributed by atoms with E-state index in [2.05, 4.69) is 21.5 Å². The van der Waals surface area contributed by atoms with E-state index in [1.165, 1.54) is 10.8 Å². The number of H-pyrrole nitrogens is 1. The Morgan fingerprint density at radius 2 is 2.36 bits per heavy atom. The molecular formula is C14H17N5O2S. The molecule has 0 saturated heterocycles. The molecule has 0 saturated carbocycles. The van der Waals surface area contributed by atoms with E-state index in [-0.39, 0.29) is 16.2 Å². The molecule has 0 aliphatic rings. The van der Waals surface area contributed by atoms with Crippen molar-refractivity contribution in [2.24, 2.45) is 4.99 Å². The summed E-state index contributed by atoms with van der Waals surface area (Å²) in [6.45, 7) is 5.23. The van der Waals surface area contributed by atoms with Gasteiger partial charge in [-0.15, -0.1) is 6.58 Å². The molecular weight excluding hydrogens is 302 g/mol. The molecule has 7 nitrogen and oxygen atoms in total. The predicted octanol–water partition coefficient (Wildman–Crippen LogP) is 1.50. The number of allylic oxidation sites excluding steroid dienone is 1. The highest BCUT2D eigenvalue weighted by molar-refractivity contribution is 7.71. The summed E-state index contributed by atoms with van der Waals surface area (Å²) < 4.78 is 3.49. The molecule has 0 aromatic carbocycles. The number of hydrogen-bond acceptors (Lipinski definition) is 5. The van der Waals surface area contributed by atoms with Gasteiger partial charge in [-0.05, 0) is 18.6 Å². The number of nitrogens with zero attached hydrogens (tertiary/aromatic N) is 4. The molecule has 2 N–H and O–H groups in total. The van der Waals surface area contributed by atoms with Crippen LogP contribution in [-0.2, 0) is 13.1 Å². The molecule has 22 heavy (non-hydrogen) atoms. The number of nitrogens with one attached hydrogen (secondary N) is 1. The summed E-state index contributed by atoms with van der Waals surface area (Å²) in [7, 11) is 0. The molecule has 116 valence electrons. The summed E-state index contributed by atoms with van der Waals surface area (Å²) in [6, 6.07) is 0. The number of rotatable bonds is 7. The first-order valence-corrected chi connectivity index (χ1v) is 7.17. The van der Waals surface area contributed by atoms with Gasteiger partial charge < -0.3 is 9.67 Å². The minimum atomic E-state index is -0.457. The van der Waals surface area contributed by atoms with Crippen molar-refractivity contribution in [3.63, 3.8) is 0 Å². The average Bonchev–Trinajstić information content (AvgIpc) is 2.99. The van der Waals surface area contributed by atoms with E-state index in [0.717, 1.165) is 13.0 Å². The van der Waals surface area contributed by atoms with Crippen molar-refractivity contribution in [2.45, 2.75) is 19.5 Å². The first-order valence-electron chi connectivity index (χ1n) is 6.76. The van der Waals surface area contributed by atoms with Crippen molar-refractivity contribution in [2.75, 3.05) is 6.54 Å². The molecule has 0 unspecified atom stereocenters. The molecule has 0 spiro atoms. The van der Waals surface area contributed by atoms with Gasteiger partial charge in [-0.1, -0.05) is 6.08 Å². The lowest BCUT2D eigenvalue weighted by molar-refractivity contribution is 0.413. The van der Waals surface area contributed by atoms with Crippen LogP contribution >= 0.6 is 12.2 Å². The minimum absolute atomic E-state index is 0.0954. The van der Waals surface area contributed by atoms with E-state index in [1.54, 1.807) is 18.6 Å². The molecule has 2 heterocycles. The van der Waals surface area contributed by atoms with Gasteiger partial charge >= 0.3 is 0 Å². The second-order valence-electron chi connectivity index (χ2n) is 4.59. The summed E-state index contributed by atoms with van der Waals surface area (Å²) >= 11 is 5.00. The highest BCUT2D eigenvalue weighted by Crippen LogP contribution is 2.11. The summed E-state index contributed by atoms with van der Waals surface area (Å²) in [5, 5.41) is 10.1. The molecule has 2 rings (SSSR count). The number of aromatic nitrogens is 4. The molecule has 8 heteroatoms. The van der Waals surface area contributed by atoms with Crippen molar-refractivity contribution in [1.82, 2.24) is 19.1 Å². The third kappa shape index (κ3) is 3.79. The fourth-order valence-corrected chi connectivity index (χ4v) is 2.16. The first-order chi connectivity index (χ1) is 10.6. The van der Waals surface area contributed by atoms with Crippen LogP contribution < -0.4 is 5.56 Å². The Morgan fingerprint density at radius 3 is 3.05 bits per heavy atom. The second-order valence-corrected chi connectivity index (χ2v) is 4.97. The summed E-state index contributed by atoms with van der Waals surface area (Å²) in [5.41, 5.74) is -0.362. The van der Waals surface area contributed by atoms with Crippen molar-refractivity contribution in [3.8, 4) is 5.88 Å². The maximum absolute atomic E-state index is 11.8. The van der Waals surface area contributed by atoms with Crippen molar-refractivity contribution in [3.05, 3.63) is 52.1 Å². The topological polar surface area (TPSA) is 88.2 Å². The third-order valence-electron chi connectivity index (χ3n) is 3.00. The highest BCUT2D eigenvalue weighted by atomic mass is 32.1. The molecule has 0 fully saturated rings. The Kier molecular flexibility index (Phi) is 5.42. The van der Waals surface area contributed by atoms with Crippen molar-refractivity contribution < 1.29 is 5.11 Å². The Balaban J connectivity index is 2.06. The average molecular weight is 319 g/mol. The monoisotopic (exact) mass is 319 g/mol. The SMILES string of the molecule is C=CCn1c(O)c(C=NCCCn2ccnc2)c(=O)[nH]c1=S. The Labute approximate surface area is 132 Å². The van der Waals surface area contributed by atoms with Crippen LogP contribution in [0.15, 0.2) is 41.2 Å². The molecule has 0 atom stereocenters. The lowest BCUT2D eigenvalue weighted by Gasteiger charge is -2.08. The van der Waals surface area contributed by atoms with Gasteiger partial charge in [-0.3, -0.25) is 19.3 Å². The van der Waals surface area contributed by atoms with Gasteiger partial charge in [0.2, 0.25) is 5.88 Å². The van der Waals surface area contributed by atoms with Crippen molar-refractivity contribution in [1.29, 1.82) is 0 Å². The quantitative estimate of drug-likeness (QED) is 0.350. The van der Waals surface area contributed by atoms with E-state index >= 15 is 0 Å². The maximum atomic E-state index is 11.8. The molecule has 0 bridgehead atoms. The van der Waals surface area contributed by atoms with Gasteiger partial charge in [0, 0.05) is 38.2 Å². The van der Waals surface area contributed by atoms with Crippen LogP contribution in [0.5, 0.6) is 5.88 Å². The molecule has 0 amide bonds. The Morgan fingerprint density at radius 1 is 1.55 bits per heavy atom. The van der Waals surface area contributed by atoms with Gasteiger partial charge in [-0.25, -0.2) is 4.98 Å². The summed E-state index contributed by atoms with van der Waals surface area (Å²) in [5.74, 6) is -0.202. The van der Waals surface area contributed by atoms with Crippen LogP contribution in [0.4, 0.5) is 0 Å². The zero-order valence-electron chi connectivity index (χ0n) is 12.0. The van der Waals surface area contributed by atoms with E-state index in [1.807, 2.05) is 10.8 Å². The fourth-order valence-electron chi connectivity index (χ4n) is 1.91. The number of aliphatic imine (C=N–C) groups is 1. The standard InChI is InChI=1S/C14H17N5O2S/c1-2-6-19-13(21)11(12(20)17-14(19)22)9-15-4-3-7-18-8-5-16-10-18/h2,5,8-10,21H,1,3-4,6-7H2,(H,17,20,22). The molecule has 0 radical (unpaired) electrons. The van der Waals surface area contributed by atoms with Crippen LogP contribution in [0.25, 0.3) is 0 Å². The van der Waals surface area contributed by atoms with Gasteiger partial charge in [0.1, 0.15) is 5.56 Å². The third-order valence-corrected chi connectivity index (χ3v) is 3.32. The lowest BCUT2D eigenvalue weighted by atomic mass is 10.3. The van der Waals surface area contributed by atoms with E-state index in [0.29, 0.717) is 13.1 Å². The Hall–Kier alpha value is -2.48. The number of hydrogen-bond donors (Lipinski definition) is 2. The number of aromatic amines is 1. The minimum Gasteiger partial charge on any atom is -0.494 e. The number of imidazole rings is 1. The van der Waals surface area contributed by atoms with E-state index in [9.17, 15) is 9.90 Å². The van der Waals surface area contributed by atoms with Crippen LogP contribution in [0.1, 0.15) is 12.0 Å². The molecule has 2 aromatic rings. The van der Waals surface area contributed by atoms with Crippen LogP contribution in [0, 0.1) is 4.77 Å². The smallest absolute Gasteiger partial charge is 0.264 e. The van der Waals surface area contributed by atoms with Gasteiger partial charge in [-0.2, -0.15) is 0 Å². The first kappa shape index (κ1) is 15.9. The summed E-state index contributed by atoms with van der Waals surface area (Å²) in [4.78, 5) is 22.5. The van der Waals surface area contributed by atoms with Crippen molar-refractivity contribution >= 4 is 18.4 Å². The molecule has 0 aliphatic carbocycles. The van der Waals surface area contributed by atoms with E-state index in [4.69, 9.17) is 12.2 Å².